The maximum Gasteiger partial charge on any atom is 0.335 e. The van der Waals surface area contributed by atoms with Gasteiger partial charge in [0.25, 0.3) is 5.56 Å². The molecule has 122 valence electrons. The number of rotatable bonds is 4. The first kappa shape index (κ1) is 17.1. The molecule has 10 heteroatoms. The molecule has 23 heavy (non-hydrogen) atoms. The van der Waals surface area contributed by atoms with Crippen molar-refractivity contribution in [2.75, 3.05) is 25.6 Å². The zero-order valence-corrected chi connectivity index (χ0v) is 13.0. The molecule has 1 fully saturated rings. The van der Waals surface area contributed by atoms with Crippen molar-refractivity contribution in [1.29, 1.82) is 5.26 Å². The van der Waals surface area contributed by atoms with E-state index in [4.69, 9.17) is 16.9 Å². The van der Waals surface area contributed by atoms with Gasteiger partial charge in [-0.3, -0.25) is 9.59 Å². The van der Waals surface area contributed by atoms with Crippen LogP contribution in [0.2, 0.25) is 0 Å². The van der Waals surface area contributed by atoms with E-state index in [1.54, 1.807) is 6.07 Å². The van der Waals surface area contributed by atoms with Crippen molar-refractivity contribution in [2.24, 2.45) is 0 Å². The third kappa shape index (κ3) is 3.38. The quantitative estimate of drug-likeness (QED) is 0.480. The minimum absolute atomic E-state index is 0.105. The van der Waals surface area contributed by atoms with Crippen molar-refractivity contribution in [3.8, 4) is 6.07 Å². The molecule has 1 aromatic rings. The number of halogens is 2. The number of alkyl halides is 2. The fourth-order valence-corrected chi connectivity index (χ4v) is 2.49. The summed E-state index contributed by atoms with van der Waals surface area (Å²) in [6.07, 6.45) is 1.25. The molecule has 0 radical (unpaired) electrons. The van der Waals surface area contributed by atoms with Crippen molar-refractivity contribution >= 4 is 23.2 Å². The molecule has 1 amide bonds. The van der Waals surface area contributed by atoms with Gasteiger partial charge in [-0.15, -0.1) is 0 Å². The van der Waals surface area contributed by atoms with Crippen LogP contribution in [0.4, 0.5) is 10.1 Å². The van der Waals surface area contributed by atoms with E-state index in [1.165, 1.54) is 24.2 Å². The molecular weight excluding hydrogens is 329 g/mol. The van der Waals surface area contributed by atoms with Gasteiger partial charge in [0.05, 0.1) is 12.2 Å². The summed E-state index contributed by atoms with van der Waals surface area (Å²) < 4.78 is 14.1. The number of hydrogen-bond acceptors (Lipinski definition) is 5. The van der Waals surface area contributed by atoms with Crippen molar-refractivity contribution in [3.63, 3.8) is 0 Å². The number of aromatic nitrogens is 1. The molecule has 2 rings (SSSR count). The Balaban J connectivity index is 2.25. The van der Waals surface area contributed by atoms with E-state index in [9.17, 15) is 18.9 Å². The van der Waals surface area contributed by atoms with E-state index in [-0.39, 0.29) is 24.3 Å². The Morgan fingerprint density at radius 1 is 1.65 bits per heavy atom. The molecule has 2 heterocycles. The average Bonchev–Trinajstić information content (AvgIpc) is 2.78. The van der Waals surface area contributed by atoms with Gasteiger partial charge in [0.2, 0.25) is 12.5 Å². The average molecular weight is 343 g/mol. The predicted octanol–water partition coefficient (Wildman–Crippen LogP) is 0.243. The zero-order valence-electron chi connectivity index (χ0n) is 12.2. The number of likely N-dealkylation sites (N-methyl/N-ethyl adjacent to an activating group) is 1. The van der Waals surface area contributed by atoms with Crippen LogP contribution in [-0.2, 0) is 11.3 Å². The standard InChI is InChI=1S/C13H13ClFN5O3/c1-18-10(7-20(23)13(18)14)11(21)17-9-4-8(5-16)12(22)19(6-9)3-2-15/h4,6,10,13H,2-3,7H2,1H3/p+1. The fourth-order valence-electron chi connectivity index (χ4n) is 2.27. The number of aryl methyl sites for hydroxylation is 1. The van der Waals surface area contributed by atoms with Gasteiger partial charge in [0.15, 0.2) is 6.04 Å². The molecule has 1 aromatic heterocycles. The Labute approximate surface area is 135 Å². The lowest BCUT2D eigenvalue weighted by molar-refractivity contribution is -0.553. The van der Waals surface area contributed by atoms with Crippen LogP contribution in [-0.4, -0.2) is 52.1 Å². The summed E-state index contributed by atoms with van der Waals surface area (Å²) in [6, 6.07) is 2.13. The predicted molar refractivity (Wildman–Crippen MR) is 79.7 cm³/mol. The van der Waals surface area contributed by atoms with Crippen LogP contribution in [0.1, 0.15) is 5.56 Å². The second-order valence-corrected chi connectivity index (χ2v) is 5.41. The van der Waals surface area contributed by atoms with Gasteiger partial charge in [-0.2, -0.15) is 5.26 Å². The normalized spacial score (nSPS) is 21.2. The highest BCUT2D eigenvalue weighted by Crippen LogP contribution is 2.18. The van der Waals surface area contributed by atoms with Crippen LogP contribution >= 0.6 is 11.6 Å². The third-order valence-electron chi connectivity index (χ3n) is 3.52. The molecular formula is C13H14ClFN5O3+. The SMILES string of the molecule is CN1C(C(=O)Nc2cc(C#N)c(=O)n(CCF)c2)C[N+](=O)C1Cl. The first-order chi connectivity index (χ1) is 10.9. The van der Waals surface area contributed by atoms with E-state index in [0.717, 1.165) is 4.57 Å². The maximum absolute atomic E-state index is 12.5. The number of hydrogen-bond donors (Lipinski definition) is 1. The Kier molecular flexibility index (Phi) is 5.08. The monoisotopic (exact) mass is 342 g/mol. The number of nitriles is 1. The van der Waals surface area contributed by atoms with E-state index in [1.807, 2.05) is 0 Å². The molecule has 0 aromatic carbocycles. The van der Waals surface area contributed by atoms with Gasteiger partial charge >= 0.3 is 5.62 Å². The second kappa shape index (κ2) is 6.85. The van der Waals surface area contributed by atoms with Crippen molar-refractivity contribution in [1.82, 2.24) is 9.47 Å². The summed E-state index contributed by atoms with van der Waals surface area (Å²) in [5.74, 6) is -0.508. The van der Waals surface area contributed by atoms with Gasteiger partial charge in [0, 0.05) is 15.9 Å². The highest BCUT2D eigenvalue weighted by atomic mass is 35.5. The molecule has 2 unspecified atom stereocenters. The Hall–Kier alpha value is -2.31. The summed E-state index contributed by atoms with van der Waals surface area (Å²) in [7, 11) is 1.53. The number of amides is 1. The number of nitroso groups, excluding NO2 is 1. The maximum atomic E-state index is 12.5. The van der Waals surface area contributed by atoms with Crippen LogP contribution in [0.15, 0.2) is 17.1 Å². The minimum Gasteiger partial charge on any atom is -0.323 e. The summed E-state index contributed by atoms with van der Waals surface area (Å²) in [4.78, 5) is 36.9. The summed E-state index contributed by atoms with van der Waals surface area (Å²) in [6.45, 7) is -1.11. The van der Waals surface area contributed by atoms with Crippen LogP contribution in [0.5, 0.6) is 0 Å². The summed E-state index contributed by atoms with van der Waals surface area (Å²) in [5, 5.41) is 11.5. The molecule has 0 bridgehead atoms. The Morgan fingerprint density at radius 2 is 2.35 bits per heavy atom. The highest BCUT2D eigenvalue weighted by molar-refractivity contribution is 6.19. The molecule has 0 saturated carbocycles. The van der Waals surface area contributed by atoms with E-state index < -0.39 is 29.8 Å². The van der Waals surface area contributed by atoms with Crippen molar-refractivity contribution in [3.05, 3.63) is 33.1 Å². The molecule has 1 aliphatic rings. The molecule has 1 N–H and O–H groups in total. The summed E-state index contributed by atoms with van der Waals surface area (Å²) in [5.41, 5.74) is -1.62. The number of nitrogens with zero attached hydrogens (tertiary/aromatic N) is 4. The van der Waals surface area contributed by atoms with Crippen LogP contribution in [0.3, 0.4) is 0 Å². The lowest BCUT2D eigenvalue weighted by atomic mass is 10.2. The molecule has 0 aliphatic carbocycles. The first-order valence-corrected chi connectivity index (χ1v) is 7.14. The largest absolute Gasteiger partial charge is 0.335 e. The molecule has 2 atom stereocenters. The smallest absolute Gasteiger partial charge is 0.323 e. The number of carbonyl (C=O) groups is 1. The van der Waals surface area contributed by atoms with Gasteiger partial charge in [-0.1, -0.05) is 0 Å². The van der Waals surface area contributed by atoms with E-state index in [0.29, 0.717) is 4.76 Å². The van der Waals surface area contributed by atoms with Gasteiger partial charge in [-0.05, 0) is 24.7 Å². The molecule has 8 nitrogen and oxygen atoms in total. The van der Waals surface area contributed by atoms with Crippen molar-refractivity contribution in [2.45, 2.75) is 18.2 Å². The van der Waals surface area contributed by atoms with Crippen LogP contribution in [0.25, 0.3) is 0 Å². The molecule has 0 spiro atoms. The Bertz CT molecular complexity index is 744. The Morgan fingerprint density at radius 3 is 2.87 bits per heavy atom. The van der Waals surface area contributed by atoms with Gasteiger partial charge in [-0.25, -0.2) is 9.29 Å². The minimum atomic E-state index is -0.944. The first-order valence-electron chi connectivity index (χ1n) is 6.70. The van der Waals surface area contributed by atoms with Gasteiger partial charge < -0.3 is 9.88 Å². The number of pyridine rings is 1. The fraction of sp³-hybridized carbons (Fsp3) is 0.462. The summed E-state index contributed by atoms with van der Waals surface area (Å²) >= 11 is 5.82. The lowest BCUT2D eigenvalue weighted by Gasteiger charge is -2.15. The second-order valence-electron chi connectivity index (χ2n) is 5.02. The number of nitrogens with one attached hydrogen (secondary N) is 1. The number of carbonyl (C=O) groups excluding carboxylic acids is 1. The van der Waals surface area contributed by atoms with Gasteiger partial charge in [0.1, 0.15) is 18.3 Å². The van der Waals surface area contributed by atoms with Crippen LogP contribution < -0.4 is 10.9 Å². The topological polar surface area (TPSA) is 98.2 Å². The molecule has 1 saturated heterocycles. The van der Waals surface area contributed by atoms with Crippen molar-refractivity contribution < 1.29 is 13.9 Å². The zero-order chi connectivity index (χ0) is 17.1. The van der Waals surface area contributed by atoms with E-state index >= 15 is 0 Å². The lowest BCUT2D eigenvalue weighted by Crippen LogP contribution is -2.40. The highest BCUT2D eigenvalue weighted by Gasteiger charge is 2.47. The third-order valence-corrected chi connectivity index (χ3v) is 4.05. The molecule has 1 aliphatic heterocycles. The van der Waals surface area contributed by atoms with E-state index in [2.05, 4.69) is 5.32 Å². The van der Waals surface area contributed by atoms with Crippen LogP contribution in [0, 0.1) is 16.2 Å². The number of anilines is 1.